The summed E-state index contributed by atoms with van der Waals surface area (Å²) in [5.74, 6) is -2.92. The Balaban J connectivity index is 1.55. The molecule has 1 aliphatic rings. The number of nitrogens with zero attached hydrogens (tertiary/aromatic N) is 3. The molecule has 2 atom stereocenters. The molecule has 0 spiro atoms. The molecule has 1 fully saturated rings. The fourth-order valence-electron chi connectivity index (χ4n) is 3.90. The van der Waals surface area contributed by atoms with E-state index in [0.717, 1.165) is 10.9 Å². The zero-order valence-electron chi connectivity index (χ0n) is 17.1. The van der Waals surface area contributed by atoms with E-state index in [1.807, 2.05) is 19.9 Å². The van der Waals surface area contributed by atoms with Crippen LogP contribution in [0.3, 0.4) is 0 Å². The molecule has 2 aromatic heterocycles. The van der Waals surface area contributed by atoms with Crippen molar-refractivity contribution in [3.8, 4) is 5.69 Å². The quantitative estimate of drug-likeness (QED) is 0.544. The van der Waals surface area contributed by atoms with Gasteiger partial charge >= 0.3 is 6.18 Å². The fraction of sp³-hybridized carbons (Fsp3) is 0.409. The lowest BCUT2D eigenvalue weighted by atomic mass is 10.0. The van der Waals surface area contributed by atoms with Crippen LogP contribution in [0.2, 0.25) is 0 Å². The van der Waals surface area contributed by atoms with E-state index in [9.17, 15) is 22.4 Å². The minimum Gasteiger partial charge on any atom is -0.326 e. The molecule has 1 amide bonds. The highest BCUT2D eigenvalue weighted by molar-refractivity contribution is 5.93. The molecule has 2 heterocycles. The van der Waals surface area contributed by atoms with Gasteiger partial charge in [0, 0.05) is 29.4 Å². The second kappa shape index (κ2) is 7.94. The number of carbonyl (C=O) groups is 1. The second-order valence-electron chi connectivity index (χ2n) is 8.31. The van der Waals surface area contributed by atoms with Crippen LogP contribution in [0.1, 0.15) is 44.6 Å². The van der Waals surface area contributed by atoms with Gasteiger partial charge in [-0.25, -0.2) is 14.1 Å². The van der Waals surface area contributed by atoms with Crippen LogP contribution in [0.25, 0.3) is 16.7 Å². The number of anilines is 1. The van der Waals surface area contributed by atoms with Gasteiger partial charge in [-0.1, -0.05) is 13.8 Å². The summed E-state index contributed by atoms with van der Waals surface area (Å²) in [6.45, 7) is 4.08. The predicted molar refractivity (Wildman–Crippen MR) is 108 cm³/mol. The van der Waals surface area contributed by atoms with Crippen LogP contribution < -0.4 is 5.32 Å². The standard InChI is InChI=1S/C22H22F4N4O/c1-12(2)14-7-15-11-30(29-20(15)27-10-14)19-9-17(5-6-18(19)23)28-21(31)13-3-4-16(8-13)22(24,25)26/h5-7,9-13,16H,3-4,8H2,1-2H3,(H,28,31). The molecule has 0 radical (unpaired) electrons. The molecule has 164 valence electrons. The minimum atomic E-state index is -4.29. The summed E-state index contributed by atoms with van der Waals surface area (Å²) in [5, 5.41) is 7.68. The lowest BCUT2D eigenvalue weighted by Gasteiger charge is -2.15. The number of rotatable bonds is 4. The van der Waals surface area contributed by atoms with E-state index in [2.05, 4.69) is 15.4 Å². The van der Waals surface area contributed by atoms with Crippen LogP contribution >= 0.6 is 0 Å². The summed E-state index contributed by atoms with van der Waals surface area (Å²) < 4.78 is 54.5. The Hall–Kier alpha value is -2.97. The smallest absolute Gasteiger partial charge is 0.326 e. The number of benzene rings is 1. The zero-order valence-corrected chi connectivity index (χ0v) is 17.1. The first-order chi connectivity index (χ1) is 14.6. The van der Waals surface area contributed by atoms with Crippen LogP contribution in [0.5, 0.6) is 0 Å². The van der Waals surface area contributed by atoms with Crippen LogP contribution in [0, 0.1) is 17.7 Å². The SMILES string of the molecule is CC(C)c1cnc2nn(-c3cc(NC(=O)C4CCC(C(F)(F)F)C4)ccc3F)cc2c1. The molecule has 1 aromatic carbocycles. The van der Waals surface area contributed by atoms with Crippen LogP contribution in [0.4, 0.5) is 23.2 Å². The number of aromatic nitrogens is 3. The lowest BCUT2D eigenvalue weighted by molar-refractivity contribution is -0.173. The van der Waals surface area contributed by atoms with Gasteiger partial charge in [-0.3, -0.25) is 4.79 Å². The summed E-state index contributed by atoms with van der Waals surface area (Å²) in [6.07, 6.45) is -1.00. The number of alkyl halides is 3. The maximum Gasteiger partial charge on any atom is 0.391 e. The highest BCUT2D eigenvalue weighted by atomic mass is 19.4. The maximum atomic E-state index is 14.5. The third-order valence-corrected chi connectivity index (χ3v) is 5.77. The number of halogens is 4. The van der Waals surface area contributed by atoms with E-state index in [1.165, 1.54) is 22.9 Å². The summed E-state index contributed by atoms with van der Waals surface area (Å²) >= 11 is 0. The average molecular weight is 434 g/mol. The summed E-state index contributed by atoms with van der Waals surface area (Å²) in [5.41, 5.74) is 1.90. The molecule has 4 rings (SSSR count). The largest absolute Gasteiger partial charge is 0.391 e. The number of pyridine rings is 1. The molecule has 1 N–H and O–H groups in total. The van der Waals surface area contributed by atoms with E-state index in [4.69, 9.17) is 0 Å². The number of fused-ring (bicyclic) bond motifs is 1. The monoisotopic (exact) mass is 434 g/mol. The van der Waals surface area contributed by atoms with Crippen molar-refractivity contribution in [2.75, 3.05) is 5.32 Å². The Morgan fingerprint density at radius 2 is 2.00 bits per heavy atom. The van der Waals surface area contributed by atoms with Gasteiger partial charge < -0.3 is 5.32 Å². The zero-order chi connectivity index (χ0) is 22.3. The molecule has 1 saturated carbocycles. The molecule has 1 aliphatic carbocycles. The molecular formula is C22H22F4N4O. The first-order valence-corrected chi connectivity index (χ1v) is 10.1. The highest BCUT2D eigenvalue weighted by Crippen LogP contribution is 2.42. The van der Waals surface area contributed by atoms with Gasteiger partial charge in [0.1, 0.15) is 11.5 Å². The Bertz CT molecular complexity index is 1120. The molecule has 0 bridgehead atoms. The molecule has 5 nitrogen and oxygen atoms in total. The van der Waals surface area contributed by atoms with Gasteiger partial charge in [-0.15, -0.1) is 5.10 Å². The maximum absolute atomic E-state index is 14.5. The number of nitrogens with one attached hydrogen (secondary N) is 1. The topological polar surface area (TPSA) is 59.8 Å². The van der Waals surface area contributed by atoms with Gasteiger partial charge in [0.15, 0.2) is 5.65 Å². The van der Waals surface area contributed by atoms with Crippen molar-refractivity contribution < 1.29 is 22.4 Å². The molecule has 9 heteroatoms. The Morgan fingerprint density at radius 3 is 2.68 bits per heavy atom. The van der Waals surface area contributed by atoms with E-state index in [1.54, 1.807) is 12.4 Å². The third-order valence-electron chi connectivity index (χ3n) is 5.77. The third kappa shape index (κ3) is 4.40. The van der Waals surface area contributed by atoms with E-state index in [0.29, 0.717) is 11.3 Å². The van der Waals surface area contributed by atoms with E-state index in [-0.39, 0.29) is 30.9 Å². The number of carbonyl (C=O) groups excluding carboxylic acids is 1. The predicted octanol–water partition coefficient (Wildman–Crippen LogP) is 5.60. The molecule has 31 heavy (non-hydrogen) atoms. The van der Waals surface area contributed by atoms with Gasteiger partial charge in [0.25, 0.3) is 0 Å². The first kappa shape index (κ1) is 21.3. The molecule has 3 aromatic rings. The molecule has 0 aliphatic heterocycles. The van der Waals surface area contributed by atoms with Gasteiger partial charge in [0.2, 0.25) is 5.91 Å². The number of amides is 1. The fourth-order valence-corrected chi connectivity index (χ4v) is 3.90. The summed E-state index contributed by atoms with van der Waals surface area (Å²) in [6, 6.07) is 5.93. The van der Waals surface area contributed by atoms with E-state index >= 15 is 0 Å². The minimum absolute atomic E-state index is 0.0541. The second-order valence-corrected chi connectivity index (χ2v) is 8.31. The van der Waals surface area contributed by atoms with Crippen LogP contribution in [-0.2, 0) is 4.79 Å². The van der Waals surface area contributed by atoms with Crippen molar-refractivity contribution >= 4 is 22.6 Å². The lowest BCUT2D eigenvalue weighted by Crippen LogP contribution is -2.24. The van der Waals surface area contributed by atoms with Crippen molar-refractivity contribution in [1.29, 1.82) is 0 Å². The van der Waals surface area contributed by atoms with Gasteiger partial charge in [0.05, 0.1) is 5.92 Å². The van der Waals surface area contributed by atoms with Crippen LogP contribution in [0.15, 0.2) is 36.7 Å². The van der Waals surface area contributed by atoms with Gasteiger partial charge in [-0.2, -0.15) is 13.2 Å². The van der Waals surface area contributed by atoms with Crippen molar-refractivity contribution in [2.45, 2.75) is 45.2 Å². The average Bonchev–Trinajstić information content (AvgIpc) is 3.35. The Morgan fingerprint density at radius 1 is 1.23 bits per heavy atom. The van der Waals surface area contributed by atoms with Crippen molar-refractivity contribution in [1.82, 2.24) is 14.8 Å². The van der Waals surface area contributed by atoms with E-state index < -0.39 is 29.7 Å². The number of hydrogen-bond acceptors (Lipinski definition) is 3. The highest BCUT2D eigenvalue weighted by Gasteiger charge is 2.45. The Kier molecular flexibility index (Phi) is 5.45. The summed E-state index contributed by atoms with van der Waals surface area (Å²) in [7, 11) is 0. The molecular weight excluding hydrogens is 412 g/mol. The van der Waals surface area contributed by atoms with Crippen LogP contribution in [-0.4, -0.2) is 26.8 Å². The Labute approximate surface area is 176 Å². The molecule has 2 unspecified atom stereocenters. The summed E-state index contributed by atoms with van der Waals surface area (Å²) in [4.78, 5) is 16.8. The van der Waals surface area contributed by atoms with Crippen molar-refractivity contribution in [2.24, 2.45) is 11.8 Å². The first-order valence-electron chi connectivity index (χ1n) is 10.1. The normalized spacial score (nSPS) is 19.3. The van der Waals surface area contributed by atoms with Crippen molar-refractivity contribution in [3.05, 3.63) is 48.0 Å². The van der Waals surface area contributed by atoms with Crippen molar-refractivity contribution in [3.63, 3.8) is 0 Å². The molecule has 0 saturated heterocycles. The van der Waals surface area contributed by atoms with Gasteiger partial charge in [-0.05, 0) is 55.0 Å². The number of hydrogen-bond donors (Lipinski definition) is 1.